The summed E-state index contributed by atoms with van der Waals surface area (Å²) in [6.45, 7) is 6.74. The van der Waals surface area contributed by atoms with E-state index in [2.05, 4.69) is 25.8 Å². The van der Waals surface area contributed by atoms with Crippen LogP contribution < -0.4 is 0 Å². The first-order valence-corrected chi connectivity index (χ1v) is 7.40. The first kappa shape index (κ1) is 13.0. The molecule has 1 aromatic rings. The minimum Gasteiger partial charge on any atom is -0.389 e. The first-order valence-electron chi connectivity index (χ1n) is 6.52. The van der Waals surface area contributed by atoms with Crippen LogP contribution in [0.15, 0.2) is 11.6 Å². The lowest BCUT2D eigenvalue weighted by molar-refractivity contribution is -0.0889. The van der Waals surface area contributed by atoms with Gasteiger partial charge in [-0.3, -0.25) is 0 Å². The van der Waals surface area contributed by atoms with E-state index in [4.69, 9.17) is 0 Å². The largest absolute Gasteiger partial charge is 0.389 e. The van der Waals surface area contributed by atoms with Crippen LogP contribution in [-0.2, 0) is 6.42 Å². The van der Waals surface area contributed by atoms with Crippen molar-refractivity contribution in [1.29, 1.82) is 0 Å². The third-order valence-electron chi connectivity index (χ3n) is 3.99. The highest BCUT2D eigenvalue weighted by atomic mass is 32.1. The molecule has 1 heterocycles. The van der Waals surface area contributed by atoms with Crippen LogP contribution in [0.1, 0.15) is 51.5 Å². The topological polar surface area (TPSA) is 33.1 Å². The molecule has 2 unspecified atom stereocenters. The summed E-state index contributed by atoms with van der Waals surface area (Å²) in [5.74, 6) is 0.382. The van der Waals surface area contributed by atoms with E-state index in [0.29, 0.717) is 5.92 Å². The van der Waals surface area contributed by atoms with Gasteiger partial charge in [-0.25, -0.2) is 4.98 Å². The number of thiazole rings is 1. The number of aliphatic hydroxyl groups is 1. The van der Waals surface area contributed by atoms with E-state index in [1.807, 2.05) is 11.6 Å². The van der Waals surface area contributed by atoms with Gasteiger partial charge in [0.1, 0.15) is 0 Å². The van der Waals surface area contributed by atoms with Crippen molar-refractivity contribution in [2.24, 2.45) is 11.3 Å². The molecule has 1 saturated carbocycles. The van der Waals surface area contributed by atoms with E-state index in [1.54, 1.807) is 11.3 Å². The summed E-state index contributed by atoms with van der Waals surface area (Å²) in [5.41, 5.74) is -0.374. The van der Waals surface area contributed by atoms with Crippen molar-refractivity contribution >= 4 is 11.3 Å². The highest BCUT2D eigenvalue weighted by molar-refractivity contribution is 7.09. The van der Waals surface area contributed by atoms with E-state index in [1.165, 1.54) is 6.42 Å². The lowest BCUT2D eigenvalue weighted by Gasteiger charge is -2.46. The van der Waals surface area contributed by atoms with Gasteiger partial charge >= 0.3 is 0 Å². The predicted octanol–water partition coefficient (Wildman–Crippen LogP) is 3.65. The molecule has 2 rings (SSSR count). The van der Waals surface area contributed by atoms with Crippen LogP contribution in [0.25, 0.3) is 0 Å². The van der Waals surface area contributed by atoms with Gasteiger partial charge in [0, 0.05) is 18.0 Å². The Morgan fingerprint density at radius 1 is 1.47 bits per heavy atom. The van der Waals surface area contributed by atoms with Crippen molar-refractivity contribution < 1.29 is 5.11 Å². The second-order valence-electron chi connectivity index (χ2n) is 6.37. The Balaban J connectivity index is 2.19. The van der Waals surface area contributed by atoms with Gasteiger partial charge in [-0.15, -0.1) is 11.3 Å². The molecule has 0 spiro atoms. The first-order chi connectivity index (χ1) is 7.92. The van der Waals surface area contributed by atoms with Crippen molar-refractivity contribution in [3.63, 3.8) is 0 Å². The summed E-state index contributed by atoms with van der Waals surface area (Å²) in [6, 6.07) is 0. The average Bonchev–Trinajstić information content (AvgIpc) is 2.68. The van der Waals surface area contributed by atoms with E-state index in [0.717, 1.165) is 30.7 Å². The molecule has 2 nitrogen and oxygen atoms in total. The Labute approximate surface area is 108 Å². The monoisotopic (exact) mass is 253 g/mol. The number of aromatic nitrogens is 1. The van der Waals surface area contributed by atoms with Crippen LogP contribution >= 0.6 is 11.3 Å². The minimum atomic E-state index is -0.547. The number of hydrogen-bond acceptors (Lipinski definition) is 3. The molecule has 1 fully saturated rings. The summed E-state index contributed by atoms with van der Waals surface area (Å²) >= 11 is 1.66. The van der Waals surface area contributed by atoms with E-state index in [-0.39, 0.29) is 5.41 Å². The van der Waals surface area contributed by atoms with Crippen molar-refractivity contribution in [2.75, 3.05) is 0 Å². The highest BCUT2D eigenvalue weighted by Gasteiger charge is 2.45. The fraction of sp³-hybridized carbons (Fsp3) is 0.786. The third kappa shape index (κ3) is 2.89. The van der Waals surface area contributed by atoms with Gasteiger partial charge in [0.2, 0.25) is 0 Å². The molecule has 2 atom stereocenters. The Hall–Kier alpha value is -0.410. The maximum atomic E-state index is 11.0. The second kappa shape index (κ2) is 4.69. The van der Waals surface area contributed by atoms with E-state index >= 15 is 0 Å². The smallest absolute Gasteiger partial charge is 0.0953 e. The van der Waals surface area contributed by atoms with Crippen LogP contribution in [0.3, 0.4) is 0 Å². The molecule has 0 radical (unpaired) electrons. The molecule has 0 aromatic carbocycles. The standard InChI is InChI=1S/C14H23NOS/c1-13(2,3)11-6-4-5-7-14(11,16)10-12-15-8-9-17-12/h8-9,11,16H,4-7,10H2,1-3H3. The minimum absolute atomic E-state index is 0.173. The van der Waals surface area contributed by atoms with Crippen molar-refractivity contribution in [3.05, 3.63) is 16.6 Å². The van der Waals surface area contributed by atoms with Crippen LogP contribution in [-0.4, -0.2) is 15.7 Å². The second-order valence-corrected chi connectivity index (χ2v) is 7.35. The maximum Gasteiger partial charge on any atom is 0.0953 e. The average molecular weight is 253 g/mol. The quantitative estimate of drug-likeness (QED) is 0.872. The van der Waals surface area contributed by atoms with E-state index in [9.17, 15) is 5.11 Å². The summed E-state index contributed by atoms with van der Waals surface area (Å²) in [4.78, 5) is 4.33. The van der Waals surface area contributed by atoms with Gasteiger partial charge in [0.05, 0.1) is 10.6 Å². The Bertz CT molecular complexity index is 355. The molecule has 1 aliphatic carbocycles. The van der Waals surface area contributed by atoms with Gasteiger partial charge in [0.25, 0.3) is 0 Å². The highest BCUT2D eigenvalue weighted by Crippen LogP contribution is 2.45. The molecule has 17 heavy (non-hydrogen) atoms. The summed E-state index contributed by atoms with van der Waals surface area (Å²) in [6.07, 6.45) is 7.03. The zero-order valence-corrected chi connectivity index (χ0v) is 11.9. The molecule has 0 bridgehead atoms. The zero-order valence-electron chi connectivity index (χ0n) is 11.1. The lowest BCUT2D eigenvalue weighted by Crippen LogP contribution is -2.48. The van der Waals surface area contributed by atoms with Crippen LogP contribution in [0.4, 0.5) is 0 Å². The molecule has 0 saturated heterocycles. The third-order valence-corrected chi connectivity index (χ3v) is 4.77. The molecule has 1 aliphatic rings. The fourth-order valence-electron chi connectivity index (χ4n) is 3.28. The Kier molecular flexibility index (Phi) is 3.60. The van der Waals surface area contributed by atoms with Crippen molar-refractivity contribution in [1.82, 2.24) is 4.98 Å². The maximum absolute atomic E-state index is 11.0. The lowest BCUT2D eigenvalue weighted by atomic mass is 9.63. The summed E-state index contributed by atoms with van der Waals surface area (Å²) in [5, 5.41) is 14.1. The molecular weight excluding hydrogens is 230 g/mol. The van der Waals surface area contributed by atoms with E-state index < -0.39 is 5.60 Å². The fourth-order valence-corrected chi connectivity index (χ4v) is 4.01. The normalized spacial score (nSPS) is 30.5. The number of hydrogen-bond donors (Lipinski definition) is 1. The SMILES string of the molecule is CC(C)(C)C1CCCCC1(O)Cc1nccs1. The van der Waals surface area contributed by atoms with Gasteiger partial charge in [0.15, 0.2) is 0 Å². The van der Waals surface area contributed by atoms with Gasteiger partial charge in [-0.1, -0.05) is 33.6 Å². The molecule has 3 heteroatoms. The molecule has 1 aromatic heterocycles. The van der Waals surface area contributed by atoms with Crippen molar-refractivity contribution in [3.8, 4) is 0 Å². The summed E-state index contributed by atoms with van der Waals surface area (Å²) < 4.78 is 0. The molecule has 1 N–H and O–H groups in total. The molecule has 0 amide bonds. The van der Waals surface area contributed by atoms with Crippen LogP contribution in [0.2, 0.25) is 0 Å². The van der Waals surface area contributed by atoms with Gasteiger partial charge < -0.3 is 5.11 Å². The number of nitrogens with zero attached hydrogens (tertiary/aromatic N) is 1. The predicted molar refractivity (Wildman–Crippen MR) is 72.2 cm³/mol. The zero-order chi connectivity index (χ0) is 12.5. The van der Waals surface area contributed by atoms with Gasteiger partial charge in [-0.05, 0) is 24.2 Å². The van der Waals surface area contributed by atoms with Crippen LogP contribution in [0, 0.1) is 11.3 Å². The summed E-state index contributed by atoms with van der Waals surface area (Å²) in [7, 11) is 0. The Morgan fingerprint density at radius 3 is 2.82 bits per heavy atom. The molecule has 96 valence electrons. The van der Waals surface area contributed by atoms with Crippen molar-refractivity contribution in [2.45, 2.75) is 58.5 Å². The van der Waals surface area contributed by atoms with Crippen LogP contribution in [0.5, 0.6) is 0 Å². The molecule has 0 aliphatic heterocycles. The Morgan fingerprint density at radius 2 is 2.24 bits per heavy atom. The van der Waals surface area contributed by atoms with Gasteiger partial charge in [-0.2, -0.15) is 0 Å². The molecular formula is C14H23NOS. The number of rotatable bonds is 2.